The summed E-state index contributed by atoms with van der Waals surface area (Å²) in [5.41, 5.74) is 6.58. The van der Waals surface area contributed by atoms with E-state index in [-0.39, 0.29) is 12.1 Å². The molecular weight excluding hydrogens is 248 g/mol. The van der Waals surface area contributed by atoms with E-state index in [1.807, 2.05) is 0 Å². The minimum Gasteiger partial charge on any atom is -0.376 e. The molecule has 120 valence electrons. The number of hydrogen-bond donors (Lipinski definition) is 1. The van der Waals surface area contributed by atoms with Gasteiger partial charge in [-0.05, 0) is 26.7 Å². The fraction of sp³-hybridized carbons (Fsp3) is 1.00. The van der Waals surface area contributed by atoms with E-state index in [4.69, 9.17) is 10.5 Å². The van der Waals surface area contributed by atoms with Crippen LogP contribution in [0.3, 0.4) is 0 Å². The van der Waals surface area contributed by atoms with E-state index in [0.29, 0.717) is 5.54 Å². The van der Waals surface area contributed by atoms with Crippen LogP contribution in [0.1, 0.15) is 72.6 Å². The maximum absolute atomic E-state index is 6.27. The number of rotatable bonds is 10. The van der Waals surface area contributed by atoms with Gasteiger partial charge in [-0.3, -0.25) is 4.90 Å². The van der Waals surface area contributed by atoms with Crippen molar-refractivity contribution in [2.45, 2.75) is 90.3 Å². The van der Waals surface area contributed by atoms with Crippen LogP contribution < -0.4 is 5.73 Å². The average Bonchev–Trinajstić information content (AvgIpc) is 2.79. The summed E-state index contributed by atoms with van der Waals surface area (Å²) < 4.78 is 5.80. The number of nitrogens with two attached hydrogens (primary N) is 1. The van der Waals surface area contributed by atoms with Crippen molar-refractivity contribution in [1.29, 1.82) is 0 Å². The zero-order chi connectivity index (χ0) is 15.0. The fourth-order valence-corrected chi connectivity index (χ4v) is 3.39. The molecule has 3 atom stereocenters. The number of nitrogens with zero attached hydrogens (tertiary/aromatic N) is 1. The van der Waals surface area contributed by atoms with Gasteiger partial charge in [0.15, 0.2) is 0 Å². The van der Waals surface area contributed by atoms with Crippen molar-refractivity contribution >= 4 is 0 Å². The second-order valence-corrected chi connectivity index (χ2v) is 6.62. The van der Waals surface area contributed by atoms with Crippen LogP contribution in [-0.2, 0) is 4.74 Å². The Labute approximate surface area is 126 Å². The van der Waals surface area contributed by atoms with Gasteiger partial charge < -0.3 is 10.5 Å². The van der Waals surface area contributed by atoms with Gasteiger partial charge in [0.1, 0.15) is 0 Å². The molecule has 0 aromatic rings. The van der Waals surface area contributed by atoms with E-state index in [9.17, 15) is 0 Å². The van der Waals surface area contributed by atoms with Gasteiger partial charge in [-0.15, -0.1) is 0 Å². The minimum atomic E-state index is 0.182. The summed E-state index contributed by atoms with van der Waals surface area (Å²) in [4.78, 5) is 2.61. The maximum Gasteiger partial charge on any atom is 0.0865 e. The average molecular weight is 284 g/mol. The van der Waals surface area contributed by atoms with Gasteiger partial charge in [-0.2, -0.15) is 0 Å². The molecule has 3 unspecified atom stereocenters. The molecule has 0 spiro atoms. The van der Waals surface area contributed by atoms with E-state index >= 15 is 0 Å². The molecule has 0 saturated carbocycles. The molecule has 1 fully saturated rings. The van der Waals surface area contributed by atoms with Gasteiger partial charge in [0.2, 0.25) is 0 Å². The van der Waals surface area contributed by atoms with Gasteiger partial charge in [0.25, 0.3) is 0 Å². The second kappa shape index (κ2) is 9.01. The van der Waals surface area contributed by atoms with Crippen LogP contribution in [0.5, 0.6) is 0 Å². The molecule has 1 heterocycles. The second-order valence-electron chi connectivity index (χ2n) is 6.62. The molecule has 0 amide bonds. The molecule has 0 aromatic heterocycles. The lowest BCUT2D eigenvalue weighted by Crippen LogP contribution is -2.46. The molecule has 2 N–H and O–H groups in total. The van der Waals surface area contributed by atoms with Crippen molar-refractivity contribution in [2.75, 3.05) is 19.7 Å². The van der Waals surface area contributed by atoms with E-state index in [0.717, 1.165) is 19.7 Å². The third kappa shape index (κ3) is 5.01. The van der Waals surface area contributed by atoms with Gasteiger partial charge in [0, 0.05) is 31.3 Å². The molecule has 0 radical (unpaired) electrons. The monoisotopic (exact) mass is 284 g/mol. The van der Waals surface area contributed by atoms with Crippen molar-refractivity contribution in [2.24, 2.45) is 5.73 Å². The van der Waals surface area contributed by atoms with Crippen LogP contribution in [0, 0.1) is 0 Å². The van der Waals surface area contributed by atoms with Gasteiger partial charge in [-0.1, -0.05) is 46.0 Å². The van der Waals surface area contributed by atoms with Gasteiger partial charge in [-0.25, -0.2) is 0 Å². The first-order valence-corrected chi connectivity index (χ1v) is 8.69. The van der Waals surface area contributed by atoms with E-state index < -0.39 is 0 Å². The molecular formula is C17H36N2O. The molecule has 1 saturated heterocycles. The first-order valence-electron chi connectivity index (χ1n) is 8.69. The third-order valence-electron chi connectivity index (χ3n) is 4.84. The molecule has 20 heavy (non-hydrogen) atoms. The Morgan fingerprint density at radius 1 is 1.05 bits per heavy atom. The first kappa shape index (κ1) is 17.9. The Bertz CT molecular complexity index is 259. The predicted octanol–water partition coefficient (Wildman–Crippen LogP) is 3.56. The van der Waals surface area contributed by atoms with Crippen molar-refractivity contribution in [3.63, 3.8) is 0 Å². The number of unbranched alkanes of at least 4 members (excludes halogenated alkanes) is 3. The summed E-state index contributed by atoms with van der Waals surface area (Å²) in [5, 5.41) is 0. The molecule has 3 heteroatoms. The summed E-state index contributed by atoms with van der Waals surface area (Å²) in [5.74, 6) is 0. The minimum absolute atomic E-state index is 0.182. The molecule has 1 aliphatic heterocycles. The number of hydrogen-bond acceptors (Lipinski definition) is 3. The van der Waals surface area contributed by atoms with Crippen LogP contribution in [0.4, 0.5) is 0 Å². The maximum atomic E-state index is 6.27. The summed E-state index contributed by atoms with van der Waals surface area (Å²) in [6, 6.07) is 0.182. The highest BCUT2D eigenvalue weighted by atomic mass is 16.5. The highest BCUT2D eigenvalue weighted by Gasteiger charge is 2.40. The Kier molecular flexibility index (Phi) is 8.08. The highest BCUT2D eigenvalue weighted by molar-refractivity contribution is 4.97. The molecule has 1 rings (SSSR count). The third-order valence-corrected chi connectivity index (χ3v) is 4.84. The van der Waals surface area contributed by atoms with Crippen LogP contribution in [0.15, 0.2) is 0 Å². The lowest BCUT2D eigenvalue weighted by molar-refractivity contribution is 0.0414. The topological polar surface area (TPSA) is 38.5 Å². The summed E-state index contributed by atoms with van der Waals surface area (Å²) >= 11 is 0. The summed E-state index contributed by atoms with van der Waals surface area (Å²) in [6.45, 7) is 11.9. The van der Waals surface area contributed by atoms with Crippen molar-refractivity contribution in [3.8, 4) is 0 Å². The van der Waals surface area contributed by atoms with Crippen LogP contribution in [0.25, 0.3) is 0 Å². The summed E-state index contributed by atoms with van der Waals surface area (Å²) in [6.07, 6.45) is 9.38. The normalized spacial score (nSPS) is 26.9. The standard InChI is InChI=1S/C17H36N2O/c1-5-8-10-12-17(4,11-9-6-2)19-13-15(18)16(14-19)20-7-3/h15-16H,5-14,18H2,1-4H3. The zero-order valence-electron chi connectivity index (χ0n) is 14.2. The molecule has 3 nitrogen and oxygen atoms in total. The smallest absolute Gasteiger partial charge is 0.0865 e. The van der Waals surface area contributed by atoms with Crippen molar-refractivity contribution in [1.82, 2.24) is 4.90 Å². The fourth-order valence-electron chi connectivity index (χ4n) is 3.39. The Morgan fingerprint density at radius 2 is 1.70 bits per heavy atom. The Hall–Kier alpha value is -0.120. The van der Waals surface area contributed by atoms with Crippen molar-refractivity contribution in [3.05, 3.63) is 0 Å². The SMILES string of the molecule is CCCCCC(C)(CCCC)N1CC(N)C(OCC)C1. The van der Waals surface area contributed by atoms with Crippen molar-refractivity contribution < 1.29 is 4.74 Å². The van der Waals surface area contributed by atoms with E-state index in [1.165, 1.54) is 44.9 Å². The molecule has 1 aliphatic rings. The molecule has 0 bridgehead atoms. The molecule has 0 aromatic carbocycles. The molecule has 0 aliphatic carbocycles. The van der Waals surface area contributed by atoms with Crippen LogP contribution >= 0.6 is 0 Å². The zero-order valence-corrected chi connectivity index (χ0v) is 14.2. The van der Waals surface area contributed by atoms with Gasteiger partial charge >= 0.3 is 0 Å². The number of ether oxygens (including phenoxy) is 1. The Balaban J connectivity index is 2.62. The van der Waals surface area contributed by atoms with E-state index in [1.54, 1.807) is 0 Å². The summed E-state index contributed by atoms with van der Waals surface area (Å²) in [7, 11) is 0. The Morgan fingerprint density at radius 3 is 2.30 bits per heavy atom. The van der Waals surface area contributed by atoms with Gasteiger partial charge in [0.05, 0.1) is 6.10 Å². The lowest BCUT2D eigenvalue weighted by atomic mass is 9.87. The van der Waals surface area contributed by atoms with Crippen LogP contribution in [0.2, 0.25) is 0 Å². The predicted molar refractivity (Wildman–Crippen MR) is 87.0 cm³/mol. The van der Waals surface area contributed by atoms with Crippen LogP contribution in [-0.4, -0.2) is 42.3 Å². The highest BCUT2D eigenvalue weighted by Crippen LogP contribution is 2.32. The lowest BCUT2D eigenvalue weighted by Gasteiger charge is -2.39. The van der Waals surface area contributed by atoms with E-state index in [2.05, 4.69) is 32.6 Å². The number of likely N-dealkylation sites (tertiary alicyclic amines) is 1. The quantitative estimate of drug-likeness (QED) is 0.623. The first-order chi connectivity index (χ1) is 9.57. The largest absolute Gasteiger partial charge is 0.376 e.